The van der Waals surface area contributed by atoms with Gasteiger partial charge in [-0.3, -0.25) is 0 Å². The number of aromatic nitrogens is 2. The number of aliphatic hydroxyl groups excluding tert-OH is 1. The molecule has 0 radical (unpaired) electrons. The molecule has 2 atom stereocenters. The molecule has 2 heterocycles. The zero-order chi connectivity index (χ0) is 15.4. The number of methoxy groups -OCH3 is 1. The van der Waals surface area contributed by atoms with Crippen molar-refractivity contribution in [1.29, 1.82) is 0 Å². The molecule has 3 rings (SSSR count). The summed E-state index contributed by atoms with van der Waals surface area (Å²) in [5, 5.41) is 21.2. The van der Waals surface area contributed by atoms with E-state index in [1.165, 1.54) is 0 Å². The van der Waals surface area contributed by atoms with Gasteiger partial charge in [-0.2, -0.15) is 5.10 Å². The molecule has 1 aromatic carbocycles. The molecule has 0 fully saturated rings. The molecule has 3 N–H and O–H groups in total. The molecule has 6 heteroatoms. The topological polar surface area (TPSA) is 71.3 Å². The van der Waals surface area contributed by atoms with Crippen molar-refractivity contribution in [2.75, 3.05) is 32.1 Å². The van der Waals surface area contributed by atoms with Crippen LogP contribution in [0.1, 0.15) is 11.7 Å². The maximum Gasteiger partial charge on any atom is 0.124 e. The number of nitrogens with zero attached hydrogens (tertiary/aromatic N) is 2. The average molecular weight is 302 g/mol. The molecule has 22 heavy (non-hydrogen) atoms. The Morgan fingerprint density at radius 2 is 2.23 bits per heavy atom. The Bertz CT molecular complexity index is 596. The van der Waals surface area contributed by atoms with Crippen molar-refractivity contribution in [3.63, 3.8) is 0 Å². The summed E-state index contributed by atoms with van der Waals surface area (Å²) in [5.74, 6) is 2.34. The Kier molecular flexibility index (Phi) is 4.60. The molecule has 1 aliphatic rings. The van der Waals surface area contributed by atoms with Gasteiger partial charge in [0.1, 0.15) is 11.6 Å². The van der Waals surface area contributed by atoms with E-state index in [-0.39, 0.29) is 0 Å². The summed E-state index contributed by atoms with van der Waals surface area (Å²) in [6.07, 6.45) is 1.30. The van der Waals surface area contributed by atoms with Gasteiger partial charge in [-0.15, -0.1) is 0 Å². The molecule has 0 amide bonds. The number of rotatable bonds is 6. The van der Waals surface area contributed by atoms with E-state index < -0.39 is 6.10 Å². The molecule has 2 aromatic rings. The highest BCUT2D eigenvalue weighted by Gasteiger charge is 2.18. The third kappa shape index (κ3) is 3.40. The van der Waals surface area contributed by atoms with Gasteiger partial charge in [-0.25, -0.2) is 4.68 Å². The minimum Gasteiger partial charge on any atom is -0.497 e. The van der Waals surface area contributed by atoms with Crippen LogP contribution in [-0.2, 0) is 6.54 Å². The molecule has 1 aliphatic heterocycles. The summed E-state index contributed by atoms with van der Waals surface area (Å²) in [6, 6.07) is 9.50. The standard InChI is InChI=1S/C16H22N4O2/c1-22-14-4-2-13(3-5-14)15(21)10-17-8-12-9-18-16-6-7-19-20(16)11-12/h2-7,12,15,17-18,21H,8-11H2,1H3/t12-,15+/m0/s1. The van der Waals surface area contributed by atoms with E-state index in [0.29, 0.717) is 12.5 Å². The fraction of sp³-hybridized carbons (Fsp3) is 0.438. The first kappa shape index (κ1) is 14.9. The summed E-state index contributed by atoms with van der Waals surface area (Å²) < 4.78 is 7.10. The van der Waals surface area contributed by atoms with E-state index in [1.54, 1.807) is 7.11 Å². The number of ether oxygens (including phenoxy) is 1. The highest BCUT2D eigenvalue weighted by Crippen LogP contribution is 2.18. The van der Waals surface area contributed by atoms with Crippen molar-refractivity contribution in [3.8, 4) is 5.75 Å². The second-order valence-corrected chi connectivity index (χ2v) is 5.59. The summed E-state index contributed by atoms with van der Waals surface area (Å²) >= 11 is 0. The average Bonchev–Trinajstić information content (AvgIpc) is 3.02. The van der Waals surface area contributed by atoms with E-state index in [9.17, 15) is 5.11 Å². The molecule has 0 unspecified atom stereocenters. The van der Waals surface area contributed by atoms with Crippen LogP contribution in [-0.4, -0.2) is 41.6 Å². The number of anilines is 1. The van der Waals surface area contributed by atoms with E-state index in [0.717, 1.165) is 36.8 Å². The Labute approximate surface area is 130 Å². The van der Waals surface area contributed by atoms with Gasteiger partial charge in [0.15, 0.2) is 0 Å². The predicted molar refractivity (Wildman–Crippen MR) is 85.0 cm³/mol. The quantitative estimate of drug-likeness (QED) is 0.749. The SMILES string of the molecule is COc1ccc([C@H](O)CNC[C@H]2CNc3ccnn3C2)cc1. The van der Waals surface area contributed by atoms with Gasteiger partial charge in [-0.05, 0) is 17.7 Å². The largest absolute Gasteiger partial charge is 0.497 e. The zero-order valence-corrected chi connectivity index (χ0v) is 12.7. The molecule has 1 aromatic heterocycles. The molecule has 6 nitrogen and oxygen atoms in total. The van der Waals surface area contributed by atoms with Crippen LogP contribution < -0.4 is 15.4 Å². The van der Waals surface area contributed by atoms with Crippen molar-refractivity contribution in [2.45, 2.75) is 12.6 Å². The first-order chi connectivity index (χ1) is 10.8. The second kappa shape index (κ2) is 6.81. The lowest BCUT2D eigenvalue weighted by molar-refractivity contribution is 0.172. The number of benzene rings is 1. The van der Waals surface area contributed by atoms with E-state index in [4.69, 9.17) is 4.74 Å². The van der Waals surface area contributed by atoms with Crippen LogP contribution in [0.15, 0.2) is 36.5 Å². The van der Waals surface area contributed by atoms with Crippen molar-refractivity contribution < 1.29 is 9.84 Å². The first-order valence-electron chi connectivity index (χ1n) is 7.54. The fourth-order valence-corrected chi connectivity index (χ4v) is 2.69. The van der Waals surface area contributed by atoms with Crippen molar-refractivity contribution in [3.05, 3.63) is 42.1 Å². The van der Waals surface area contributed by atoms with Crippen molar-refractivity contribution in [1.82, 2.24) is 15.1 Å². The van der Waals surface area contributed by atoms with Gasteiger partial charge in [0.2, 0.25) is 0 Å². The van der Waals surface area contributed by atoms with Crippen LogP contribution in [0.3, 0.4) is 0 Å². The van der Waals surface area contributed by atoms with Gasteiger partial charge in [-0.1, -0.05) is 12.1 Å². The lowest BCUT2D eigenvalue weighted by Gasteiger charge is -2.25. The molecule has 0 bridgehead atoms. The molecule has 0 saturated carbocycles. The monoisotopic (exact) mass is 302 g/mol. The number of fused-ring (bicyclic) bond motifs is 1. The van der Waals surface area contributed by atoms with E-state index in [1.807, 2.05) is 41.2 Å². The van der Waals surface area contributed by atoms with Crippen LogP contribution in [0.4, 0.5) is 5.82 Å². The molecular weight excluding hydrogens is 280 g/mol. The number of hydrogen-bond acceptors (Lipinski definition) is 5. The Hall–Kier alpha value is -2.05. The highest BCUT2D eigenvalue weighted by molar-refractivity contribution is 5.35. The molecule has 0 aliphatic carbocycles. The summed E-state index contributed by atoms with van der Waals surface area (Å²) in [6.45, 7) is 3.21. The minimum atomic E-state index is -0.511. The molecular formula is C16H22N4O2. The van der Waals surface area contributed by atoms with Crippen LogP contribution >= 0.6 is 0 Å². The highest BCUT2D eigenvalue weighted by atomic mass is 16.5. The second-order valence-electron chi connectivity index (χ2n) is 5.59. The fourth-order valence-electron chi connectivity index (χ4n) is 2.69. The third-order valence-corrected chi connectivity index (χ3v) is 3.99. The van der Waals surface area contributed by atoms with Crippen LogP contribution in [0.25, 0.3) is 0 Å². The molecule has 0 saturated heterocycles. The first-order valence-corrected chi connectivity index (χ1v) is 7.54. The van der Waals surface area contributed by atoms with Gasteiger partial charge in [0, 0.05) is 38.2 Å². The summed E-state index contributed by atoms with van der Waals surface area (Å²) in [5.41, 5.74) is 0.893. The summed E-state index contributed by atoms with van der Waals surface area (Å²) in [4.78, 5) is 0. The van der Waals surface area contributed by atoms with E-state index in [2.05, 4.69) is 15.7 Å². The minimum absolute atomic E-state index is 0.468. The number of hydrogen-bond donors (Lipinski definition) is 3. The van der Waals surface area contributed by atoms with Gasteiger partial charge < -0.3 is 20.5 Å². The maximum atomic E-state index is 10.2. The van der Waals surface area contributed by atoms with E-state index >= 15 is 0 Å². The smallest absolute Gasteiger partial charge is 0.124 e. The lowest BCUT2D eigenvalue weighted by Crippen LogP contribution is -2.36. The number of aliphatic hydroxyl groups is 1. The van der Waals surface area contributed by atoms with Gasteiger partial charge >= 0.3 is 0 Å². The summed E-state index contributed by atoms with van der Waals surface area (Å²) in [7, 11) is 1.64. The van der Waals surface area contributed by atoms with Crippen molar-refractivity contribution >= 4 is 5.82 Å². The number of nitrogens with one attached hydrogen (secondary N) is 2. The van der Waals surface area contributed by atoms with Crippen LogP contribution in [0.5, 0.6) is 5.75 Å². The van der Waals surface area contributed by atoms with Gasteiger partial charge in [0.25, 0.3) is 0 Å². The molecule has 0 spiro atoms. The third-order valence-electron chi connectivity index (χ3n) is 3.99. The normalized spacial score (nSPS) is 18.4. The Morgan fingerprint density at radius 1 is 1.41 bits per heavy atom. The predicted octanol–water partition coefficient (Wildman–Crippen LogP) is 1.26. The Balaban J connectivity index is 1.44. The van der Waals surface area contributed by atoms with Crippen LogP contribution in [0, 0.1) is 5.92 Å². The lowest BCUT2D eigenvalue weighted by atomic mass is 10.1. The van der Waals surface area contributed by atoms with Gasteiger partial charge in [0.05, 0.1) is 19.4 Å². The zero-order valence-electron chi connectivity index (χ0n) is 12.7. The van der Waals surface area contributed by atoms with Crippen LogP contribution in [0.2, 0.25) is 0 Å². The molecule has 118 valence electrons. The maximum absolute atomic E-state index is 10.2. The van der Waals surface area contributed by atoms with Crippen molar-refractivity contribution in [2.24, 2.45) is 5.92 Å². The Morgan fingerprint density at radius 3 is 3.00 bits per heavy atom.